The number of carboxylic acids is 1. The second-order valence-corrected chi connectivity index (χ2v) is 4.55. The van der Waals surface area contributed by atoms with E-state index < -0.39 is 18.0 Å². The topological polar surface area (TPSA) is 69.6 Å². The Bertz CT molecular complexity index is 486. The van der Waals surface area contributed by atoms with Gasteiger partial charge in [0.15, 0.2) is 0 Å². The lowest BCUT2D eigenvalue weighted by atomic mass is 10.1. The minimum absolute atomic E-state index is 0.367. The molecule has 0 aliphatic carbocycles. The van der Waals surface area contributed by atoms with Crippen molar-refractivity contribution in [2.45, 2.75) is 33.2 Å². The maximum Gasteiger partial charge on any atom is 0.326 e. The van der Waals surface area contributed by atoms with Crippen molar-refractivity contribution < 1.29 is 14.7 Å². The van der Waals surface area contributed by atoms with Crippen LogP contribution in [-0.2, 0) is 4.79 Å². The number of nitrogens with zero attached hydrogens (tertiary/aromatic N) is 1. The van der Waals surface area contributed by atoms with Gasteiger partial charge in [0.2, 0.25) is 0 Å². The lowest BCUT2D eigenvalue weighted by molar-refractivity contribution is -0.141. The van der Waals surface area contributed by atoms with Crippen molar-refractivity contribution >= 4 is 17.7 Å². The van der Waals surface area contributed by atoms with Crippen molar-refractivity contribution in [2.75, 3.05) is 12.4 Å². The highest BCUT2D eigenvalue weighted by Crippen LogP contribution is 2.18. The summed E-state index contributed by atoms with van der Waals surface area (Å²) in [6.07, 6.45) is 0.367. The quantitative estimate of drug-likeness (QED) is 0.878. The number of rotatable bonds is 4. The smallest absolute Gasteiger partial charge is 0.326 e. The Balaban J connectivity index is 2.85. The molecule has 0 spiro atoms. The Hall–Kier alpha value is -2.04. The third-order valence-electron chi connectivity index (χ3n) is 3.31. The van der Waals surface area contributed by atoms with Gasteiger partial charge in [-0.3, -0.25) is 0 Å². The lowest BCUT2D eigenvalue weighted by Crippen LogP contribution is -2.44. The predicted molar refractivity (Wildman–Crippen MR) is 74.4 cm³/mol. The number of carbonyl (C=O) groups is 2. The number of amides is 2. The van der Waals surface area contributed by atoms with Gasteiger partial charge in [-0.1, -0.05) is 19.1 Å². The van der Waals surface area contributed by atoms with E-state index in [1.165, 1.54) is 11.9 Å². The molecule has 1 aromatic carbocycles. The Morgan fingerprint density at radius 1 is 1.37 bits per heavy atom. The minimum Gasteiger partial charge on any atom is -0.480 e. The number of hydrogen-bond donors (Lipinski definition) is 2. The summed E-state index contributed by atoms with van der Waals surface area (Å²) in [6.45, 7) is 5.61. The van der Waals surface area contributed by atoms with Crippen LogP contribution in [0, 0.1) is 13.8 Å². The molecule has 0 saturated heterocycles. The Labute approximate surface area is 113 Å². The molecule has 2 amide bonds. The average Bonchev–Trinajstić information content (AvgIpc) is 2.35. The summed E-state index contributed by atoms with van der Waals surface area (Å²) in [5, 5.41) is 11.8. The van der Waals surface area contributed by atoms with E-state index in [0.29, 0.717) is 12.1 Å². The van der Waals surface area contributed by atoms with Gasteiger partial charge in [0.05, 0.1) is 0 Å². The van der Waals surface area contributed by atoms with Gasteiger partial charge in [0.1, 0.15) is 6.04 Å². The van der Waals surface area contributed by atoms with E-state index in [1.807, 2.05) is 26.0 Å². The SMILES string of the molecule is CCC(C(=O)O)N(C)C(=O)Nc1cccc(C)c1C. The van der Waals surface area contributed by atoms with Crippen molar-refractivity contribution in [3.63, 3.8) is 0 Å². The van der Waals surface area contributed by atoms with Crippen LogP contribution in [0.4, 0.5) is 10.5 Å². The number of aryl methyl sites for hydroxylation is 1. The summed E-state index contributed by atoms with van der Waals surface area (Å²) in [4.78, 5) is 24.3. The van der Waals surface area contributed by atoms with Gasteiger partial charge >= 0.3 is 12.0 Å². The molecular weight excluding hydrogens is 244 g/mol. The van der Waals surface area contributed by atoms with E-state index in [2.05, 4.69) is 5.32 Å². The average molecular weight is 264 g/mol. The van der Waals surface area contributed by atoms with Crippen molar-refractivity contribution in [1.82, 2.24) is 4.90 Å². The van der Waals surface area contributed by atoms with Crippen LogP contribution in [0.3, 0.4) is 0 Å². The molecule has 0 saturated carbocycles. The highest BCUT2D eigenvalue weighted by Gasteiger charge is 2.24. The first-order valence-electron chi connectivity index (χ1n) is 6.21. The number of aliphatic carboxylic acids is 1. The largest absolute Gasteiger partial charge is 0.480 e. The Morgan fingerprint density at radius 3 is 2.53 bits per heavy atom. The molecule has 0 radical (unpaired) electrons. The number of anilines is 1. The maximum atomic E-state index is 12.0. The lowest BCUT2D eigenvalue weighted by Gasteiger charge is -2.24. The van der Waals surface area contributed by atoms with E-state index in [-0.39, 0.29) is 0 Å². The molecule has 5 nitrogen and oxygen atoms in total. The first-order valence-corrected chi connectivity index (χ1v) is 6.21. The molecule has 104 valence electrons. The molecule has 0 aliphatic rings. The molecule has 0 aromatic heterocycles. The van der Waals surface area contributed by atoms with Gasteiger partial charge in [-0.05, 0) is 37.5 Å². The summed E-state index contributed by atoms with van der Waals surface area (Å²) in [7, 11) is 1.49. The van der Waals surface area contributed by atoms with Gasteiger partial charge in [0, 0.05) is 12.7 Å². The number of nitrogens with one attached hydrogen (secondary N) is 1. The van der Waals surface area contributed by atoms with Crippen LogP contribution in [-0.4, -0.2) is 35.1 Å². The zero-order valence-corrected chi connectivity index (χ0v) is 11.7. The van der Waals surface area contributed by atoms with E-state index in [4.69, 9.17) is 5.11 Å². The van der Waals surface area contributed by atoms with Gasteiger partial charge < -0.3 is 15.3 Å². The fourth-order valence-corrected chi connectivity index (χ4v) is 1.85. The third-order valence-corrected chi connectivity index (χ3v) is 3.31. The number of urea groups is 1. The van der Waals surface area contributed by atoms with Crippen LogP contribution >= 0.6 is 0 Å². The second kappa shape index (κ2) is 6.22. The molecule has 19 heavy (non-hydrogen) atoms. The maximum absolute atomic E-state index is 12.0. The fraction of sp³-hybridized carbons (Fsp3) is 0.429. The first-order chi connectivity index (χ1) is 8.88. The van der Waals surface area contributed by atoms with Crippen molar-refractivity contribution in [1.29, 1.82) is 0 Å². The summed E-state index contributed by atoms with van der Waals surface area (Å²) in [6, 6.07) is 4.39. The number of carbonyl (C=O) groups excluding carboxylic acids is 1. The monoisotopic (exact) mass is 264 g/mol. The zero-order valence-electron chi connectivity index (χ0n) is 11.7. The summed E-state index contributed by atoms with van der Waals surface area (Å²) in [5.41, 5.74) is 2.76. The number of hydrogen-bond acceptors (Lipinski definition) is 2. The van der Waals surface area contributed by atoms with Gasteiger partial charge in [-0.2, -0.15) is 0 Å². The molecule has 0 bridgehead atoms. The molecule has 0 heterocycles. The summed E-state index contributed by atoms with van der Waals surface area (Å²) >= 11 is 0. The Kier molecular flexibility index (Phi) is 4.92. The molecule has 0 aliphatic heterocycles. The van der Waals surface area contributed by atoms with Crippen molar-refractivity contribution in [2.24, 2.45) is 0 Å². The van der Waals surface area contributed by atoms with Crippen molar-refractivity contribution in [3.8, 4) is 0 Å². The van der Waals surface area contributed by atoms with E-state index in [0.717, 1.165) is 11.1 Å². The number of likely N-dealkylation sites (N-methyl/N-ethyl adjacent to an activating group) is 1. The van der Waals surface area contributed by atoms with Crippen LogP contribution in [0.5, 0.6) is 0 Å². The van der Waals surface area contributed by atoms with Crippen LogP contribution in [0.25, 0.3) is 0 Å². The van der Waals surface area contributed by atoms with Crippen LogP contribution in [0.15, 0.2) is 18.2 Å². The van der Waals surface area contributed by atoms with Crippen molar-refractivity contribution in [3.05, 3.63) is 29.3 Å². The first kappa shape index (κ1) is 15.0. The highest BCUT2D eigenvalue weighted by molar-refractivity contribution is 5.92. The summed E-state index contributed by atoms with van der Waals surface area (Å²) in [5.74, 6) is -0.999. The van der Waals surface area contributed by atoms with Gasteiger partial charge in [-0.15, -0.1) is 0 Å². The highest BCUT2D eigenvalue weighted by atomic mass is 16.4. The molecule has 1 rings (SSSR count). The third kappa shape index (κ3) is 3.47. The van der Waals surface area contributed by atoms with E-state index in [1.54, 1.807) is 13.0 Å². The fourth-order valence-electron chi connectivity index (χ4n) is 1.85. The van der Waals surface area contributed by atoms with Crippen LogP contribution in [0.2, 0.25) is 0 Å². The minimum atomic E-state index is -0.999. The number of carboxylic acid groups (broad SMARTS) is 1. The normalized spacial score (nSPS) is 11.8. The number of benzene rings is 1. The predicted octanol–water partition coefficient (Wildman–Crippen LogP) is 2.63. The van der Waals surface area contributed by atoms with Crippen LogP contribution in [0.1, 0.15) is 24.5 Å². The van der Waals surface area contributed by atoms with Gasteiger partial charge in [-0.25, -0.2) is 9.59 Å². The molecule has 2 N–H and O–H groups in total. The summed E-state index contributed by atoms with van der Waals surface area (Å²) < 4.78 is 0. The Morgan fingerprint density at radius 2 is 2.00 bits per heavy atom. The molecule has 1 aromatic rings. The second-order valence-electron chi connectivity index (χ2n) is 4.55. The molecule has 1 atom stereocenters. The molecule has 1 unspecified atom stereocenters. The van der Waals surface area contributed by atoms with Gasteiger partial charge in [0.25, 0.3) is 0 Å². The van der Waals surface area contributed by atoms with E-state index >= 15 is 0 Å². The molecular formula is C14H20N2O3. The standard InChI is InChI=1S/C14H20N2O3/c1-5-12(13(17)18)16(4)14(19)15-11-8-6-7-9(2)10(11)3/h6-8,12H,5H2,1-4H3,(H,15,19)(H,17,18). The molecule has 5 heteroatoms. The molecule has 0 fully saturated rings. The zero-order chi connectivity index (χ0) is 14.6. The van der Waals surface area contributed by atoms with E-state index in [9.17, 15) is 9.59 Å². The van der Waals surface area contributed by atoms with Crippen LogP contribution < -0.4 is 5.32 Å².